The highest BCUT2D eigenvalue weighted by atomic mass is 16.5. The molecule has 1 fully saturated rings. The van der Waals surface area contributed by atoms with Gasteiger partial charge < -0.3 is 20.5 Å². The number of β-lactam (4-membered cyclic amide) rings is 1. The van der Waals surface area contributed by atoms with Crippen molar-refractivity contribution in [1.82, 2.24) is 14.9 Å². The van der Waals surface area contributed by atoms with Crippen molar-refractivity contribution in [2.24, 2.45) is 5.92 Å². The third kappa shape index (κ3) is 2.92. The predicted octanol–water partition coefficient (Wildman–Crippen LogP) is 0.429. The Morgan fingerprint density at radius 2 is 2.24 bits per heavy atom. The van der Waals surface area contributed by atoms with Crippen LogP contribution in [-0.4, -0.2) is 50.5 Å². The van der Waals surface area contributed by atoms with Gasteiger partial charge in [-0.3, -0.25) is 9.59 Å². The molecule has 2 atom stereocenters. The fourth-order valence-electron chi connectivity index (χ4n) is 3.23. The molecule has 0 radical (unpaired) electrons. The lowest BCUT2D eigenvalue weighted by Crippen LogP contribution is -2.58. The molecule has 9 nitrogen and oxygen atoms in total. The first-order chi connectivity index (χ1) is 11.9. The highest BCUT2D eigenvalue weighted by Gasteiger charge is 2.55. The molecule has 132 valence electrons. The number of nitrogens with zero attached hydrogens (tertiary/aromatic N) is 3. The molecule has 2 aliphatic rings. The Kier molecular flexibility index (Phi) is 4.39. The van der Waals surface area contributed by atoms with Crippen LogP contribution in [0.3, 0.4) is 0 Å². The maximum Gasteiger partial charge on any atom is 0.353 e. The van der Waals surface area contributed by atoms with E-state index in [-0.39, 0.29) is 54.2 Å². The van der Waals surface area contributed by atoms with Crippen molar-refractivity contribution in [2.45, 2.75) is 32.2 Å². The van der Waals surface area contributed by atoms with Crippen LogP contribution in [-0.2, 0) is 19.1 Å². The summed E-state index contributed by atoms with van der Waals surface area (Å²) in [5.74, 6) is -1.74. The van der Waals surface area contributed by atoms with Crippen molar-refractivity contribution in [1.29, 1.82) is 0 Å². The van der Waals surface area contributed by atoms with Crippen molar-refractivity contribution in [3.8, 4) is 0 Å². The van der Waals surface area contributed by atoms with Gasteiger partial charge in [0.1, 0.15) is 11.5 Å². The number of hydrogen-bond donors (Lipinski definition) is 2. The number of carbonyl (C=O) groups is 3. The third-order valence-corrected chi connectivity index (χ3v) is 4.42. The van der Waals surface area contributed by atoms with Gasteiger partial charge in [0.25, 0.3) is 0 Å². The average molecular weight is 346 g/mol. The number of aliphatic carboxylic acids is 1. The molecule has 0 bridgehead atoms. The van der Waals surface area contributed by atoms with E-state index < -0.39 is 5.97 Å². The fraction of sp³-hybridized carbons (Fsp3) is 0.438. The summed E-state index contributed by atoms with van der Waals surface area (Å²) in [5.41, 5.74) is 5.94. The Bertz CT molecular complexity index is 776. The smallest absolute Gasteiger partial charge is 0.353 e. The van der Waals surface area contributed by atoms with E-state index in [0.29, 0.717) is 18.4 Å². The molecule has 1 amide bonds. The molecule has 0 aromatic carbocycles. The minimum absolute atomic E-state index is 0.0950. The number of amides is 1. The zero-order valence-corrected chi connectivity index (χ0v) is 13.6. The summed E-state index contributed by atoms with van der Waals surface area (Å²) in [4.78, 5) is 44.6. The number of nitrogen functional groups attached to an aromatic ring is 1. The van der Waals surface area contributed by atoms with E-state index in [0.717, 1.165) is 0 Å². The fourth-order valence-corrected chi connectivity index (χ4v) is 3.23. The largest absolute Gasteiger partial charge is 0.477 e. The third-order valence-electron chi connectivity index (χ3n) is 4.42. The molecule has 3 heterocycles. The van der Waals surface area contributed by atoms with Gasteiger partial charge in [-0.2, -0.15) is 0 Å². The number of carbonyl (C=O) groups excluding carboxylic acids is 2. The molecule has 0 spiro atoms. The average Bonchev–Trinajstić information content (AvgIpc) is 2.94. The van der Waals surface area contributed by atoms with E-state index in [1.54, 1.807) is 6.92 Å². The van der Waals surface area contributed by atoms with Gasteiger partial charge in [-0.1, -0.05) is 6.92 Å². The maximum atomic E-state index is 12.4. The van der Waals surface area contributed by atoms with E-state index in [4.69, 9.17) is 10.5 Å². The summed E-state index contributed by atoms with van der Waals surface area (Å²) in [6.45, 7) is 1.83. The van der Waals surface area contributed by atoms with Crippen LogP contribution in [0.15, 0.2) is 18.0 Å². The molecule has 1 saturated heterocycles. The van der Waals surface area contributed by atoms with E-state index in [1.807, 2.05) is 0 Å². The number of anilines is 1. The van der Waals surface area contributed by atoms with Crippen LogP contribution >= 0.6 is 0 Å². The van der Waals surface area contributed by atoms with Crippen LogP contribution in [0.5, 0.6) is 0 Å². The summed E-state index contributed by atoms with van der Waals surface area (Å²) in [6, 6.07) is 1.23. The normalized spacial score (nSPS) is 21.8. The van der Waals surface area contributed by atoms with Gasteiger partial charge in [-0.25, -0.2) is 14.8 Å². The topological polar surface area (TPSA) is 136 Å². The first-order valence-electron chi connectivity index (χ1n) is 7.98. The van der Waals surface area contributed by atoms with Crippen molar-refractivity contribution in [2.75, 3.05) is 12.3 Å². The highest BCUT2D eigenvalue weighted by Crippen LogP contribution is 2.46. The number of fused-ring (bicyclic) bond motifs is 1. The van der Waals surface area contributed by atoms with Crippen molar-refractivity contribution >= 4 is 29.2 Å². The van der Waals surface area contributed by atoms with Crippen LogP contribution in [0.1, 0.15) is 32.0 Å². The van der Waals surface area contributed by atoms with Gasteiger partial charge in [0.15, 0.2) is 5.82 Å². The van der Waals surface area contributed by atoms with E-state index in [1.165, 1.54) is 17.2 Å². The quantitative estimate of drug-likeness (QED) is 0.559. The molecule has 2 unspecified atom stereocenters. The Balaban J connectivity index is 1.78. The number of nitrogens with two attached hydrogens (primary N) is 1. The Morgan fingerprint density at radius 3 is 2.88 bits per heavy atom. The maximum absolute atomic E-state index is 12.4. The van der Waals surface area contributed by atoms with Gasteiger partial charge >= 0.3 is 11.9 Å². The number of carboxylic acid groups (broad SMARTS) is 1. The van der Waals surface area contributed by atoms with E-state index >= 15 is 0 Å². The Labute approximate surface area is 143 Å². The molecule has 3 rings (SSSR count). The van der Waals surface area contributed by atoms with Crippen LogP contribution in [0.2, 0.25) is 0 Å². The molecule has 2 aliphatic heterocycles. The number of esters is 1. The SMILES string of the molecule is CCC(=O)OCCC1C(=O)N2C(C(=O)O)=C(c3nccc(N)n3)CC12. The summed E-state index contributed by atoms with van der Waals surface area (Å²) < 4.78 is 5.02. The molecule has 3 N–H and O–H groups in total. The van der Waals surface area contributed by atoms with Crippen LogP contribution in [0.25, 0.3) is 5.57 Å². The van der Waals surface area contributed by atoms with Crippen molar-refractivity contribution in [3.63, 3.8) is 0 Å². The standard InChI is InChI=1S/C16H18N4O5/c1-2-12(21)25-6-4-8-10-7-9(14-18-5-3-11(17)19-14)13(16(23)24)20(10)15(8)22/h3,5,8,10H,2,4,6-7H2,1H3,(H,23,24)(H2,17,18,19). The second-order valence-corrected chi connectivity index (χ2v) is 5.89. The monoisotopic (exact) mass is 346 g/mol. The number of aromatic nitrogens is 2. The summed E-state index contributed by atoms with van der Waals surface area (Å²) in [7, 11) is 0. The van der Waals surface area contributed by atoms with Gasteiger partial charge in [-0.05, 0) is 12.5 Å². The summed E-state index contributed by atoms with van der Waals surface area (Å²) in [5, 5.41) is 9.51. The number of hydrogen-bond acceptors (Lipinski definition) is 7. The highest BCUT2D eigenvalue weighted by molar-refractivity contribution is 6.05. The molecular weight excluding hydrogens is 328 g/mol. The Hall–Kier alpha value is -2.97. The first kappa shape index (κ1) is 16.9. The molecule has 9 heteroatoms. The van der Waals surface area contributed by atoms with Crippen LogP contribution < -0.4 is 5.73 Å². The molecule has 1 aromatic heterocycles. The minimum atomic E-state index is -1.20. The number of carboxylic acids is 1. The lowest BCUT2D eigenvalue weighted by atomic mass is 9.84. The number of ether oxygens (including phenoxy) is 1. The number of rotatable bonds is 6. The van der Waals surface area contributed by atoms with E-state index in [2.05, 4.69) is 9.97 Å². The second kappa shape index (κ2) is 6.50. The molecule has 1 aromatic rings. The van der Waals surface area contributed by atoms with Crippen molar-refractivity contribution < 1.29 is 24.2 Å². The molecule has 0 aliphatic carbocycles. The zero-order chi connectivity index (χ0) is 18.1. The predicted molar refractivity (Wildman–Crippen MR) is 85.6 cm³/mol. The van der Waals surface area contributed by atoms with Gasteiger partial charge in [0.05, 0.1) is 18.6 Å². The summed E-state index contributed by atoms with van der Waals surface area (Å²) in [6.07, 6.45) is 2.42. The van der Waals surface area contributed by atoms with Crippen molar-refractivity contribution in [3.05, 3.63) is 23.8 Å². The van der Waals surface area contributed by atoms with Crippen LogP contribution in [0, 0.1) is 5.92 Å². The first-order valence-corrected chi connectivity index (χ1v) is 7.98. The lowest BCUT2D eigenvalue weighted by Gasteiger charge is -2.43. The van der Waals surface area contributed by atoms with Gasteiger partial charge in [0, 0.05) is 24.6 Å². The summed E-state index contributed by atoms with van der Waals surface area (Å²) >= 11 is 0. The lowest BCUT2D eigenvalue weighted by molar-refractivity contribution is -0.157. The molecule has 25 heavy (non-hydrogen) atoms. The Morgan fingerprint density at radius 1 is 1.48 bits per heavy atom. The molecule has 0 saturated carbocycles. The van der Waals surface area contributed by atoms with Crippen LogP contribution in [0.4, 0.5) is 5.82 Å². The van der Waals surface area contributed by atoms with Gasteiger partial charge in [-0.15, -0.1) is 0 Å². The minimum Gasteiger partial charge on any atom is -0.477 e. The van der Waals surface area contributed by atoms with E-state index in [9.17, 15) is 19.5 Å². The molecular formula is C16H18N4O5. The van der Waals surface area contributed by atoms with Gasteiger partial charge in [0.2, 0.25) is 5.91 Å². The second-order valence-electron chi connectivity index (χ2n) is 5.89. The zero-order valence-electron chi connectivity index (χ0n) is 13.6.